The molecule has 0 radical (unpaired) electrons. The van der Waals surface area contributed by atoms with Crippen LogP contribution in [0.5, 0.6) is 23.0 Å². The molecule has 1 fully saturated rings. The highest BCUT2D eigenvalue weighted by Gasteiger charge is 2.31. The van der Waals surface area contributed by atoms with Gasteiger partial charge in [-0.2, -0.15) is 0 Å². The number of rotatable bonds is 11. The van der Waals surface area contributed by atoms with Crippen LogP contribution >= 0.6 is 24.0 Å². The third-order valence-electron chi connectivity index (χ3n) is 4.56. The highest BCUT2D eigenvalue weighted by atomic mass is 32.2. The lowest BCUT2D eigenvalue weighted by atomic mass is 10.1. The Labute approximate surface area is 197 Å². The zero-order chi connectivity index (χ0) is 22.9. The van der Waals surface area contributed by atoms with E-state index in [0.717, 1.165) is 17.1 Å². The second-order valence-corrected chi connectivity index (χ2v) is 8.36. The number of hydrogen-bond donors (Lipinski definition) is 0. The average molecular weight is 472 g/mol. The number of carbonyl (C=O) groups excluding carboxylic acids is 1. The van der Waals surface area contributed by atoms with Gasteiger partial charge in [-0.1, -0.05) is 42.2 Å². The maximum atomic E-state index is 12.7. The Kier molecular flexibility index (Phi) is 8.58. The molecule has 0 unspecified atom stereocenters. The van der Waals surface area contributed by atoms with Crippen molar-refractivity contribution in [1.29, 1.82) is 0 Å². The Balaban J connectivity index is 1.64. The van der Waals surface area contributed by atoms with E-state index in [4.69, 9.17) is 31.2 Å². The van der Waals surface area contributed by atoms with Crippen LogP contribution in [-0.4, -0.2) is 49.1 Å². The fourth-order valence-electron chi connectivity index (χ4n) is 2.98. The normalized spacial score (nSPS) is 14.6. The van der Waals surface area contributed by atoms with E-state index < -0.39 is 0 Å². The van der Waals surface area contributed by atoms with Gasteiger partial charge in [0.05, 0.1) is 32.3 Å². The molecule has 0 aromatic heterocycles. The van der Waals surface area contributed by atoms with Gasteiger partial charge in [0, 0.05) is 18.5 Å². The Morgan fingerprint density at radius 1 is 1.03 bits per heavy atom. The summed E-state index contributed by atoms with van der Waals surface area (Å²) in [6.07, 6.45) is 4.11. The van der Waals surface area contributed by atoms with Crippen molar-refractivity contribution in [3.05, 3.63) is 65.6 Å². The van der Waals surface area contributed by atoms with E-state index in [1.165, 1.54) is 16.7 Å². The van der Waals surface area contributed by atoms with Crippen LogP contribution in [0.2, 0.25) is 0 Å². The molecule has 0 N–H and O–H groups in total. The van der Waals surface area contributed by atoms with Gasteiger partial charge in [-0.25, -0.2) is 0 Å². The predicted molar refractivity (Wildman–Crippen MR) is 132 cm³/mol. The van der Waals surface area contributed by atoms with Crippen LogP contribution in [0.25, 0.3) is 6.08 Å². The van der Waals surface area contributed by atoms with Crippen molar-refractivity contribution in [3.8, 4) is 23.0 Å². The zero-order valence-electron chi connectivity index (χ0n) is 18.0. The van der Waals surface area contributed by atoms with Gasteiger partial charge in [0.1, 0.15) is 15.8 Å². The van der Waals surface area contributed by atoms with E-state index in [-0.39, 0.29) is 5.91 Å². The molecule has 168 valence electrons. The van der Waals surface area contributed by atoms with Gasteiger partial charge in [0.25, 0.3) is 5.91 Å². The quantitative estimate of drug-likeness (QED) is 0.199. The molecule has 0 bridgehead atoms. The third-order valence-corrected chi connectivity index (χ3v) is 5.94. The van der Waals surface area contributed by atoms with Crippen LogP contribution in [0.1, 0.15) is 12.0 Å². The number of nitrogens with zero attached hydrogens (tertiary/aromatic N) is 1. The van der Waals surface area contributed by atoms with Gasteiger partial charge in [0.2, 0.25) is 0 Å². The summed E-state index contributed by atoms with van der Waals surface area (Å²) in [5.74, 6) is 2.59. The maximum Gasteiger partial charge on any atom is 0.266 e. The molecule has 2 aromatic rings. The number of ether oxygens (including phenoxy) is 4. The first kappa shape index (κ1) is 23.7. The van der Waals surface area contributed by atoms with Gasteiger partial charge in [-0.05, 0) is 36.4 Å². The van der Waals surface area contributed by atoms with Gasteiger partial charge in [-0.15, -0.1) is 6.58 Å². The number of hydrogen-bond acceptors (Lipinski definition) is 7. The lowest BCUT2D eigenvalue weighted by molar-refractivity contribution is -0.121. The molecule has 32 heavy (non-hydrogen) atoms. The molecule has 0 spiro atoms. The zero-order valence-corrected chi connectivity index (χ0v) is 19.7. The van der Waals surface area contributed by atoms with Crippen molar-refractivity contribution in [1.82, 2.24) is 4.90 Å². The lowest BCUT2D eigenvalue weighted by Gasteiger charge is -2.14. The Morgan fingerprint density at radius 3 is 2.44 bits per heavy atom. The molecule has 1 saturated heterocycles. The summed E-state index contributed by atoms with van der Waals surface area (Å²) in [6.45, 7) is 4.99. The van der Waals surface area contributed by atoms with E-state index in [2.05, 4.69) is 6.58 Å². The van der Waals surface area contributed by atoms with Crippen molar-refractivity contribution >= 4 is 40.3 Å². The summed E-state index contributed by atoms with van der Waals surface area (Å²) >= 11 is 6.58. The summed E-state index contributed by atoms with van der Waals surface area (Å²) in [5.41, 5.74) is 0.750. The van der Waals surface area contributed by atoms with Crippen LogP contribution < -0.4 is 18.9 Å². The monoisotopic (exact) mass is 471 g/mol. The van der Waals surface area contributed by atoms with E-state index in [1.807, 2.05) is 42.5 Å². The molecule has 6 nitrogen and oxygen atoms in total. The minimum atomic E-state index is -0.137. The minimum absolute atomic E-state index is 0.137. The smallest absolute Gasteiger partial charge is 0.266 e. The highest BCUT2D eigenvalue weighted by molar-refractivity contribution is 8.26. The Bertz CT molecular complexity index is 1000. The summed E-state index contributed by atoms with van der Waals surface area (Å²) in [5, 5.41) is 0. The molecule has 0 atom stereocenters. The number of carbonyl (C=O) groups is 1. The molecule has 0 saturated carbocycles. The molecule has 2 aromatic carbocycles. The molecule has 1 aliphatic heterocycles. The molecular formula is C24H25NO5S2. The summed E-state index contributed by atoms with van der Waals surface area (Å²) < 4.78 is 22.9. The molecule has 1 heterocycles. The van der Waals surface area contributed by atoms with Crippen LogP contribution in [-0.2, 0) is 4.79 Å². The van der Waals surface area contributed by atoms with Crippen LogP contribution in [0.4, 0.5) is 0 Å². The van der Waals surface area contributed by atoms with Crippen molar-refractivity contribution in [2.24, 2.45) is 0 Å². The lowest BCUT2D eigenvalue weighted by Crippen LogP contribution is -2.27. The standard InChI is InChI=1S/C24H25NO5S2/c1-4-13-25-23(26)21(32-24(25)31)16-17-7-5-8-20(28-3)22(17)30-15-6-14-29-19-11-9-18(27-2)10-12-19/h4-5,7-12,16H,1,6,13-15H2,2-3H3. The van der Waals surface area contributed by atoms with Crippen LogP contribution in [0.15, 0.2) is 60.0 Å². The highest BCUT2D eigenvalue weighted by Crippen LogP contribution is 2.37. The van der Waals surface area contributed by atoms with E-state index in [1.54, 1.807) is 26.4 Å². The summed E-state index contributed by atoms with van der Waals surface area (Å²) in [6, 6.07) is 13.0. The molecule has 1 amide bonds. The first-order valence-electron chi connectivity index (χ1n) is 10.00. The first-order valence-corrected chi connectivity index (χ1v) is 11.2. The Morgan fingerprint density at radius 2 is 1.75 bits per heavy atom. The maximum absolute atomic E-state index is 12.7. The number of benzene rings is 2. The van der Waals surface area contributed by atoms with E-state index >= 15 is 0 Å². The fraction of sp³-hybridized carbons (Fsp3) is 0.250. The van der Waals surface area contributed by atoms with Crippen LogP contribution in [0, 0.1) is 0 Å². The topological polar surface area (TPSA) is 57.2 Å². The van der Waals surface area contributed by atoms with Gasteiger partial charge in [-0.3, -0.25) is 9.69 Å². The molecule has 8 heteroatoms. The van der Waals surface area contributed by atoms with Crippen molar-refractivity contribution in [3.63, 3.8) is 0 Å². The predicted octanol–water partition coefficient (Wildman–Crippen LogP) is 4.94. The number of methoxy groups -OCH3 is 2. The summed E-state index contributed by atoms with van der Waals surface area (Å²) in [7, 11) is 3.21. The largest absolute Gasteiger partial charge is 0.497 e. The second kappa shape index (κ2) is 11.6. The van der Waals surface area contributed by atoms with Crippen molar-refractivity contribution in [2.45, 2.75) is 6.42 Å². The first-order chi connectivity index (χ1) is 15.6. The number of amides is 1. The van der Waals surface area contributed by atoms with Gasteiger partial charge < -0.3 is 18.9 Å². The van der Waals surface area contributed by atoms with Crippen molar-refractivity contribution in [2.75, 3.05) is 34.0 Å². The van der Waals surface area contributed by atoms with Crippen LogP contribution in [0.3, 0.4) is 0 Å². The molecule has 3 rings (SSSR count). The second-order valence-electron chi connectivity index (χ2n) is 6.69. The number of thiocarbonyl (C=S) groups is 1. The van der Waals surface area contributed by atoms with Gasteiger partial charge >= 0.3 is 0 Å². The third kappa shape index (κ3) is 5.83. The van der Waals surface area contributed by atoms with E-state index in [9.17, 15) is 4.79 Å². The Hall–Kier alpha value is -2.97. The summed E-state index contributed by atoms with van der Waals surface area (Å²) in [4.78, 5) is 14.7. The van der Waals surface area contributed by atoms with E-state index in [0.29, 0.717) is 46.9 Å². The molecular weight excluding hydrogens is 446 g/mol. The number of para-hydroxylation sites is 1. The average Bonchev–Trinajstić information content (AvgIpc) is 3.07. The fourth-order valence-corrected chi connectivity index (χ4v) is 4.25. The van der Waals surface area contributed by atoms with Crippen molar-refractivity contribution < 1.29 is 23.7 Å². The molecule has 0 aliphatic carbocycles. The van der Waals surface area contributed by atoms with Gasteiger partial charge in [0.15, 0.2) is 11.5 Å². The minimum Gasteiger partial charge on any atom is -0.497 e. The number of thioether (sulfide) groups is 1. The molecule has 1 aliphatic rings. The SMILES string of the molecule is C=CCN1C(=O)C(=Cc2cccc(OC)c2OCCCOc2ccc(OC)cc2)SC1=S.